The molecule has 2 aromatic heterocycles. The summed E-state index contributed by atoms with van der Waals surface area (Å²) in [6, 6.07) is 15.1. The zero-order valence-corrected chi connectivity index (χ0v) is 19.0. The van der Waals surface area contributed by atoms with Crippen molar-refractivity contribution in [1.29, 1.82) is 0 Å². The van der Waals surface area contributed by atoms with E-state index in [0.29, 0.717) is 11.5 Å². The van der Waals surface area contributed by atoms with Crippen LogP contribution in [0.3, 0.4) is 0 Å². The fourth-order valence-corrected chi connectivity index (χ4v) is 4.32. The molecule has 0 aliphatic rings. The van der Waals surface area contributed by atoms with Crippen molar-refractivity contribution in [1.82, 2.24) is 15.2 Å². The van der Waals surface area contributed by atoms with Crippen molar-refractivity contribution in [2.45, 2.75) is 37.5 Å². The lowest BCUT2D eigenvalue weighted by atomic mass is 10.1. The Bertz CT molecular complexity index is 1170. The number of esters is 1. The second-order valence-corrected chi connectivity index (χ2v) is 9.14. The number of hydrogen-bond acceptors (Lipinski definition) is 8. The predicted molar refractivity (Wildman–Crippen MR) is 121 cm³/mol. The minimum Gasteiger partial charge on any atom is -0.449 e. The van der Waals surface area contributed by atoms with Crippen molar-refractivity contribution in [3.63, 3.8) is 0 Å². The smallest absolute Gasteiger partial charge is 0.338 e. The van der Waals surface area contributed by atoms with Gasteiger partial charge in [0.25, 0.3) is 5.89 Å². The van der Waals surface area contributed by atoms with Crippen LogP contribution in [0.1, 0.15) is 45.5 Å². The highest BCUT2D eigenvalue weighted by molar-refractivity contribution is 7.98. The third kappa shape index (κ3) is 5.39. The number of thiazole rings is 1. The number of ether oxygens (including phenoxy) is 1. The van der Waals surface area contributed by atoms with Crippen LogP contribution in [-0.4, -0.2) is 21.2 Å². The molecule has 0 radical (unpaired) electrons. The molecule has 4 aromatic rings. The Labute approximate surface area is 188 Å². The SMILES string of the molecule is Cc1ccc(-c2nnc(C(C)OC(=O)c3ccc(SCc4csc(C)n4)cc3)o2)cc1. The van der Waals surface area contributed by atoms with Gasteiger partial charge in [-0.25, -0.2) is 9.78 Å². The fraction of sp³-hybridized carbons (Fsp3) is 0.217. The van der Waals surface area contributed by atoms with Crippen LogP contribution in [-0.2, 0) is 10.5 Å². The molecule has 1 unspecified atom stereocenters. The lowest BCUT2D eigenvalue weighted by Crippen LogP contribution is -2.09. The number of nitrogens with zero attached hydrogens (tertiary/aromatic N) is 3. The molecule has 0 aliphatic carbocycles. The van der Waals surface area contributed by atoms with E-state index in [1.165, 1.54) is 0 Å². The number of hydrogen-bond donors (Lipinski definition) is 0. The van der Waals surface area contributed by atoms with Gasteiger partial charge in [-0.3, -0.25) is 0 Å². The normalized spacial score (nSPS) is 12.0. The largest absolute Gasteiger partial charge is 0.449 e. The predicted octanol–water partition coefficient (Wildman–Crippen LogP) is 6.02. The molecule has 0 saturated heterocycles. The Kier molecular flexibility index (Phi) is 6.48. The second-order valence-electron chi connectivity index (χ2n) is 7.03. The highest BCUT2D eigenvalue weighted by Gasteiger charge is 2.20. The summed E-state index contributed by atoms with van der Waals surface area (Å²) in [5, 5.41) is 11.2. The lowest BCUT2D eigenvalue weighted by molar-refractivity contribution is 0.0280. The van der Waals surface area contributed by atoms with Crippen LogP contribution in [0.5, 0.6) is 0 Å². The van der Waals surface area contributed by atoms with Gasteiger partial charge >= 0.3 is 5.97 Å². The average molecular weight is 452 g/mol. The van der Waals surface area contributed by atoms with Gasteiger partial charge in [-0.05, 0) is 57.2 Å². The molecular weight excluding hydrogens is 430 g/mol. The first-order valence-electron chi connectivity index (χ1n) is 9.73. The van der Waals surface area contributed by atoms with E-state index in [1.807, 2.05) is 50.2 Å². The van der Waals surface area contributed by atoms with Crippen LogP contribution in [0, 0.1) is 13.8 Å². The Morgan fingerprint density at radius 1 is 1.10 bits per heavy atom. The molecule has 0 spiro atoms. The number of carbonyl (C=O) groups excluding carboxylic acids is 1. The van der Waals surface area contributed by atoms with Crippen molar-refractivity contribution in [2.75, 3.05) is 0 Å². The van der Waals surface area contributed by atoms with Crippen molar-refractivity contribution in [3.05, 3.63) is 81.6 Å². The minimum atomic E-state index is -0.652. The second kappa shape index (κ2) is 9.45. The third-order valence-electron chi connectivity index (χ3n) is 4.51. The standard InChI is InChI=1S/C23H21N3O3S2/c1-14-4-6-17(7-5-14)22-26-25-21(29-22)15(2)28-23(27)18-8-10-20(11-9-18)31-13-19-12-30-16(3)24-19/h4-12,15H,13H2,1-3H3. The van der Waals surface area contributed by atoms with Crippen molar-refractivity contribution in [2.24, 2.45) is 0 Å². The first kappa shape index (κ1) is 21.3. The van der Waals surface area contributed by atoms with Crippen LogP contribution in [0.25, 0.3) is 11.5 Å². The molecular formula is C23H21N3O3S2. The molecule has 2 aromatic carbocycles. The molecule has 0 fully saturated rings. The molecule has 0 N–H and O–H groups in total. The highest BCUT2D eigenvalue weighted by Crippen LogP contribution is 2.26. The first-order valence-corrected chi connectivity index (χ1v) is 11.6. The Hall–Kier alpha value is -2.97. The lowest BCUT2D eigenvalue weighted by Gasteiger charge is -2.09. The van der Waals surface area contributed by atoms with Crippen molar-refractivity contribution >= 4 is 29.1 Å². The minimum absolute atomic E-state index is 0.259. The van der Waals surface area contributed by atoms with E-state index in [9.17, 15) is 4.79 Å². The number of aromatic nitrogens is 3. The Morgan fingerprint density at radius 3 is 2.52 bits per heavy atom. The summed E-state index contributed by atoms with van der Waals surface area (Å²) >= 11 is 3.33. The number of thioether (sulfide) groups is 1. The molecule has 31 heavy (non-hydrogen) atoms. The number of rotatable bonds is 7. The van der Waals surface area contributed by atoms with Gasteiger partial charge in [0.1, 0.15) is 0 Å². The van der Waals surface area contributed by atoms with E-state index in [-0.39, 0.29) is 5.89 Å². The molecule has 0 aliphatic heterocycles. The zero-order valence-electron chi connectivity index (χ0n) is 17.4. The van der Waals surface area contributed by atoms with E-state index in [0.717, 1.165) is 32.5 Å². The van der Waals surface area contributed by atoms with Crippen LogP contribution in [0.15, 0.2) is 63.2 Å². The summed E-state index contributed by atoms with van der Waals surface area (Å²) < 4.78 is 11.2. The highest BCUT2D eigenvalue weighted by atomic mass is 32.2. The van der Waals surface area contributed by atoms with Gasteiger partial charge in [0.15, 0.2) is 6.10 Å². The molecule has 1 atom stereocenters. The van der Waals surface area contributed by atoms with Crippen molar-refractivity contribution < 1.29 is 13.9 Å². The molecule has 0 saturated carbocycles. The van der Waals surface area contributed by atoms with E-state index in [1.54, 1.807) is 42.2 Å². The van der Waals surface area contributed by atoms with Crippen LogP contribution >= 0.6 is 23.1 Å². The van der Waals surface area contributed by atoms with Gasteiger partial charge in [0.05, 0.1) is 16.3 Å². The van der Waals surface area contributed by atoms with Gasteiger partial charge in [-0.15, -0.1) is 33.3 Å². The third-order valence-corrected chi connectivity index (χ3v) is 6.38. The molecule has 2 heterocycles. The Morgan fingerprint density at radius 2 is 1.84 bits per heavy atom. The summed E-state index contributed by atoms with van der Waals surface area (Å²) in [6.45, 7) is 5.72. The molecule has 4 rings (SSSR count). The van der Waals surface area contributed by atoms with Crippen LogP contribution < -0.4 is 0 Å². The summed E-state index contributed by atoms with van der Waals surface area (Å²) in [5.41, 5.74) is 3.51. The molecule has 0 bridgehead atoms. The van der Waals surface area contributed by atoms with Crippen LogP contribution in [0.4, 0.5) is 0 Å². The van der Waals surface area contributed by atoms with E-state index < -0.39 is 12.1 Å². The zero-order chi connectivity index (χ0) is 21.8. The number of aryl methyl sites for hydroxylation is 2. The number of benzene rings is 2. The van der Waals surface area contributed by atoms with Gasteiger partial charge < -0.3 is 9.15 Å². The maximum Gasteiger partial charge on any atom is 0.338 e. The van der Waals surface area contributed by atoms with Crippen molar-refractivity contribution in [3.8, 4) is 11.5 Å². The topological polar surface area (TPSA) is 78.1 Å². The summed E-state index contributed by atoms with van der Waals surface area (Å²) in [7, 11) is 0. The molecule has 8 heteroatoms. The van der Waals surface area contributed by atoms with E-state index in [2.05, 4.69) is 20.6 Å². The molecule has 0 amide bonds. The van der Waals surface area contributed by atoms with Gasteiger partial charge in [0, 0.05) is 21.6 Å². The summed E-state index contributed by atoms with van der Waals surface area (Å²) in [6.07, 6.45) is -0.652. The fourth-order valence-electron chi connectivity index (χ4n) is 2.81. The Balaban J connectivity index is 1.35. The van der Waals surface area contributed by atoms with Gasteiger partial charge in [-0.2, -0.15) is 0 Å². The summed E-state index contributed by atoms with van der Waals surface area (Å²) in [4.78, 5) is 18.0. The maximum atomic E-state index is 12.5. The number of carbonyl (C=O) groups is 1. The monoisotopic (exact) mass is 451 g/mol. The van der Waals surface area contributed by atoms with Gasteiger partial charge in [0.2, 0.25) is 5.89 Å². The average Bonchev–Trinajstić information content (AvgIpc) is 3.42. The van der Waals surface area contributed by atoms with Gasteiger partial charge in [-0.1, -0.05) is 17.7 Å². The summed E-state index contributed by atoms with van der Waals surface area (Å²) in [5.74, 6) is 1.02. The van der Waals surface area contributed by atoms with E-state index in [4.69, 9.17) is 9.15 Å². The maximum absolute atomic E-state index is 12.5. The quantitative estimate of drug-likeness (QED) is 0.251. The molecule has 158 valence electrons. The molecule has 6 nitrogen and oxygen atoms in total. The van der Waals surface area contributed by atoms with E-state index >= 15 is 0 Å². The van der Waals surface area contributed by atoms with Crippen LogP contribution in [0.2, 0.25) is 0 Å². The first-order chi connectivity index (χ1) is 15.0.